The lowest BCUT2D eigenvalue weighted by Gasteiger charge is -2.18. The molecule has 0 rings (SSSR count). The molecule has 0 aliphatic rings. The van der Waals surface area contributed by atoms with E-state index in [1.54, 1.807) is 0 Å². The monoisotopic (exact) mass is 1120 g/mol. The summed E-state index contributed by atoms with van der Waals surface area (Å²) in [7, 11) is 0. The Labute approximate surface area is 499 Å². The first-order valence-electron chi connectivity index (χ1n) is 33.3. The van der Waals surface area contributed by atoms with Crippen LogP contribution in [0.3, 0.4) is 0 Å². The summed E-state index contributed by atoms with van der Waals surface area (Å²) in [6, 6.07) is 0. The van der Waals surface area contributed by atoms with Gasteiger partial charge in [0, 0.05) is 19.3 Å². The summed E-state index contributed by atoms with van der Waals surface area (Å²) in [5, 5.41) is 0. The predicted molar refractivity (Wildman–Crippen MR) is 352 cm³/mol. The van der Waals surface area contributed by atoms with E-state index < -0.39 is 6.10 Å². The Kier molecular flexibility index (Phi) is 63.9. The molecular weight excluding hydrogens is 997 g/mol. The maximum atomic E-state index is 12.9. The van der Waals surface area contributed by atoms with Gasteiger partial charge in [-0.1, -0.05) is 295 Å². The van der Waals surface area contributed by atoms with Gasteiger partial charge in [-0.25, -0.2) is 0 Å². The fourth-order valence-electron chi connectivity index (χ4n) is 8.92. The van der Waals surface area contributed by atoms with E-state index in [1.165, 1.54) is 103 Å². The van der Waals surface area contributed by atoms with Crippen LogP contribution in [-0.2, 0) is 28.6 Å². The third-order valence-corrected chi connectivity index (χ3v) is 13.8. The van der Waals surface area contributed by atoms with Crippen molar-refractivity contribution >= 4 is 17.9 Å². The summed E-state index contributed by atoms with van der Waals surface area (Å²) in [5.74, 6) is -0.918. The van der Waals surface area contributed by atoms with E-state index in [4.69, 9.17) is 14.2 Å². The molecule has 0 aromatic carbocycles. The molecule has 0 aromatic rings. The van der Waals surface area contributed by atoms with E-state index in [9.17, 15) is 14.4 Å². The van der Waals surface area contributed by atoms with Crippen molar-refractivity contribution in [3.63, 3.8) is 0 Å². The van der Waals surface area contributed by atoms with Crippen molar-refractivity contribution in [1.29, 1.82) is 0 Å². The van der Waals surface area contributed by atoms with E-state index in [1.807, 2.05) is 0 Å². The first-order chi connectivity index (χ1) is 40.0. The highest BCUT2D eigenvalue weighted by atomic mass is 16.6. The largest absolute Gasteiger partial charge is 0.462 e. The predicted octanol–water partition coefficient (Wildman–Crippen LogP) is 23.1. The smallest absolute Gasteiger partial charge is 0.306 e. The van der Waals surface area contributed by atoms with Crippen LogP contribution < -0.4 is 0 Å². The Balaban J connectivity index is 4.29. The van der Waals surface area contributed by atoms with Crippen LogP contribution in [0.2, 0.25) is 0 Å². The maximum Gasteiger partial charge on any atom is 0.306 e. The van der Waals surface area contributed by atoms with E-state index in [0.29, 0.717) is 19.3 Å². The van der Waals surface area contributed by atoms with Crippen LogP contribution in [0.1, 0.15) is 290 Å². The van der Waals surface area contributed by atoms with Crippen LogP contribution in [-0.4, -0.2) is 37.2 Å². The number of esters is 3. The molecule has 6 nitrogen and oxygen atoms in total. The van der Waals surface area contributed by atoms with Crippen LogP contribution in [0.15, 0.2) is 146 Å². The fraction of sp³-hybridized carbons (Fsp3) is 0.640. The minimum atomic E-state index is -0.794. The Bertz CT molecular complexity index is 1760. The normalized spacial score (nSPS) is 13.1. The van der Waals surface area contributed by atoms with Crippen LogP contribution in [0.4, 0.5) is 0 Å². The zero-order chi connectivity index (χ0) is 58.5. The van der Waals surface area contributed by atoms with Gasteiger partial charge >= 0.3 is 17.9 Å². The molecule has 0 heterocycles. The summed E-state index contributed by atoms with van der Waals surface area (Å²) in [6.07, 6.45) is 97.2. The fourth-order valence-corrected chi connectivity index (χ4v) is 8.92. The number of hydrogen-bond acceptors (Lipinski definition) is 6. The molecule has 0 fully saturated rings. The summed E-state index contributed by atoms with van der Waals surface area (Å²) in [6.45, 7) is 6.38. The molecule has 0 bridgehead atoms. The Morgan fingerprint density at radius 1 is 0.259 bits per heavy atom. The van der Waals surface area contributed by atoms with Gasteiger partial charge in [-0.05, 0) is 122 Å². The third kappa shape index (κ3) is 66.0. The lowest BCUT2D eigenvalue weighted by Crippen LogP contribution is -2.30. The summed E-state index contributed by atoms with van der Waals surface area (Å²) < 4.78 is 16.9. The molecule has 0 aliphatic carbocycles. The van der Waals surface area contributed by atoms with Gasteiger partial charge in [-0.2, -0.15) is 0 Å². The molecule has 0 saturated carbocycles. The number of ether oxygens (including phenoxy) is 3. The third-order valence-electron chi connectivity index (χ3n) is 13.8. The van der Waals surface area contributed by atoms with Gasteiger partial charge in [0.1, 0.15) is 13.2 Å². The highest BCUT2D eigenvalue weighted by Gasteiger charge is 2.19. The van der Waals surface area contributed by atoms with Gasteiger partial charge in [0.25, 0.3) is 0 Å². The summed E-state index contributed by atoms with van der Waals surface area (Å²) in [5.41, 5.74) is 0. The Morgan fingerprint density at radius 2 is 0.481 bits per heavy atom. The van der Waals surface area contributed by atoms with E-state index in [2.05, 4.69) is 167 Å². The summed E-state index contributed by atoms with van der Waals surface area (Å²) in [4.78, 5) is 38.2. The standard InChI is InChI=1S/C75H122O6/c1-4-7-10-13-16-19-21-23-25-27-29-31-33-35-36-37-38-40-41-43-45-47-49-51-53-56-59-62-65-68-74(77)80-71-72(70-79-73(76)67-64-61-58-55-18-15-12-9-6-3)81-75(78)69-66-63-60-57-54-52-50-48-46-44-42-39-34-32-30-28-26-24-22-20-17-14-11-8-5-2/h7-8,10-11,16-17,19-20,23-26,29-32,35-36,38,40,43,45,49,51,72H,4-6,9,12-15,18,21-22,27-28,33-34,37,39,41-42,44,46-48,50,52-71H2,1-3H3/b10-7-,11-8-,19-16-,20-17-,25-23-,26-24-,31-29-,32-30-,36-35-,40-38-,45-43-,51-49-. The van der Waals surface area contributed by atoms with Gasteiger partial charge in [0.15, 0.2) is 6.10 Å². The molecule has 0 saturated heterocycles. The topological polar surface area (TPSA) is 78.9 Å². The molecule has 0 amide bonds. The van der Waals surface area contributed by atoms with Crippen molar-refractivity contribution < 1.29 is 28.6 Å². The molecule has 0 N–H and O–H groups in total. The van der Waals surface area contributed by atoms with Crippen molar-refractivity contribution in [3.8, 4) is 0 Å². The lowest BCUT2D eigenvalue weighted by molar-refractivity contribution is -0.167. The number of carbonyl (C=O) groups is 3. The average molecular weight is 1120 g/mol. The number of hydrogen-bond donors (Lipinski definition) is 0. The van der Waals surface area contributed by atoms with Crippen molar-refractivity contribution in [3.05, 3.63) is 146 Å². The Morgan fingerprint density at radius 3 is 0.753 bits per heavy atom. The van der Waals surface area contributed by atoms with Crippen LogP contribution in [0.25, 0.3) is 0 Å². The SMILES string of the molecule is CC/C=C\C/C=C\C/C=C\C/C=C\C/C=C\C/C=C\C/C=C\C/C=C\CCCCCCC(=O)OCC(COC(=O)CCCCCCCCCCC)OC(=O)CCCCCCCCCCCCCC/C=C\C/C=C\C/C=C\C/C=C\CC. The number of unbranched alkanes of at least 4 members (excludes halogenated alkanes) is 24. The Hall–Kier alpha value is -4.71. The first-order valence-corrected chi connectivity index (χ1v) is 33.3. The first kappa shape index (κ1) is 76.3. The number of allylic oxidation sites excluding steroid dienone is 24. The zero-order valence-electron chi connectivity index (χ0n) is 52.5. The molecule has 6 heteroatoms. The van der Waals surface area contributed by atoms with Gasteiger partial charge in [0.2, 0.25) is 0 Å². The molecule has 0 aromatic heterocycles. The second-order valence-corrected chi connectivity index (χ2v) is 21.6. The maximum absolute atomic E-state index is 12.9. The average Bonchev–Trinajstić information content (AvgIpc) is 3.47. The molecule has 0 radical (unpaired) electrons. The van der Waals surface area contributed by atoms with Crippen molar-refractivity contribution in [2.75, 3.05) is 13.2 Å². The van der Waals surface area contributed by atoms with Crippen LogP contribution in [0.5, 0.6) is 0 Å². The molecule has 1 unspecified atom stereocenters. The second kappa shape index (κ2) is 67.8. The highest BCUT2D eigenvalue weighted by Crippen LogP contribution is 2.16. The van der Waals surface area contributed by atoms with Crippen molar-refractivity contribution in [2.24, 2.45) is 0 Å². The minimum Gasteiger partial charge on any atom is -0.462 e. The van der Waals surface area contributed by atoms with Gasteiger partial charge in [-0.15, -0.1) is 0 Å². The van der Waals surface area contributed by atoms with Crippen LogP contribution in [0, 0.1) is 0 Å². The molecule has 0 aliphatic heterocycles. The van der Waals surface area contributed by atoms with E-state index in [-0.39, 0.29) is 31.1 Å². The number of rotatable bonds is 59. The van der Waals surface area contributed by atoms with Gasteiger partial charge < -0.3 is 14.2 Å². The van der Waals surface area contributed by atoms with Gasteiger partial charge in [-0.3, -0.25) is 14.4 Å². The van der Waals surface area contributed by atoms with Gasteiger partial charge in [0.05, 0.1) is 0 Å². The van der Waals surface area contributed by atoms with E-state index >= 15 is 0 Å². The molecule has 81 heavy (non-hydrogen) atoms. The molecular formula is C75H122O6. The van der Waals surface area contributed by atoms with Crippen molar-refractivity contribution in [2.45, 2.75) is 297 Å². The molecule has 0 spiro atoms. The van der Waals surface area contributed by atoms with Crippen molar-refractivity contribution in [1.82, 2.24) is 0 Å². The lowest BCUT2D eigenvalue weighted by atomic mass is 10.0. The quantitative estimate of drug-likeness (QED) is 0.0261. The minimum absolute atomic E-state index is 0.0892. The molecule has 1 atom stereocenters. The molecule has 458 valence electrons. The highest BCUT2D eigenvalue weighted by molar-refractivity contribution is 5.71. The van der Waals surface area contributed by atoms with E-state index in [0.717, 1.165) is 148 Å². The number of carbonyl (C=O) groups excluding carboxylic acids is 3. The summed E-state index contributed by atoms with van der Waals surface area (Å²) >= 11 is 0. The second-order valence-electron chi connectivity index (χ2n) is 21.6. The zero-order valence-corrected chi connectivity index (χ0v) is 52.5. The van der Waals surface area contributed by atoms with Crippen LogP contribution >= 0.6 is 0 Å².